The lowest BCUT2D eigenvalue weighted by molar-refractivity contribution is 0.739. The summed E-state index contributed by atoms with van der Waals surface area (Å²) in [4.78, 5) is 0. The van der Waals surface area contributed by atoms with Crippen molar-refractivity contribution in [1.82, 2.24) is 10.2 Å². The van der Waals surface area contributed by atoms with Crippen molar-refractivity contribution in [2.75, 3.05) is 0 Å². The van der Waals surface area contributed by atoms with Gasteiger partial charge in [-0.3, -0.25) is 5.10 Å². The minimum absolute atomic E-state index is 0.110. The summed E-state index contributed by atoms with van der Waals surface area (Å²) in [6, 6.07) is 7.82. The lowest BCUT2D eigenvalue weighted by Crippen LogP contribution is -2.17. The largest absolute Gasteiger partial charge is 0.328 e. The molecule has 0 spiro atoms. The van der Waals surface area contributed by atoms with Crippen LogP contribution in [0.15, 0.2) is 30.5 Å². The molecule has 2 rings (SSSR count). The van der Waals surface area contributed by atoms with E-state index in [9.17, 15) is 0 Å². The molecule has 16 heavy (non-hydrogen) atoms. The van der Waals surface area contributed by atoms with Gasteiger partial charge in [-0.05, 0) is 25.0 Å². The zero-order chi connectivity index (χ0) is 11.5. The molecule has 3 nitrogen and oxygen atoms in total. The Morgan fingerprint density at radius 3 is 2.88 bits per heavy atom. The number of benzene rings is 1. The standard InChI is InChI=1S/C12H14ClN3/c1-8(14)6-9-7-15-16-12(9)10-4-2-3-5-11(10)13/h2-5,7-8H,6,14H2,1H3,(H,15,16). The number of aromatic nitrogens is 2. The van der Waals surface area contributed by atoms with Crippen molar-refractivity contribution >= 4 is 11.6 Å². The van der Waals surface area contributed by atoms with E-state index in [2.05, 4.69) is 10.2 Å². The van der Waals surface area contributed by atoms with Crippen LogP contribution in [-0.2, 0) is 6.42 Å². The Labute approximate surface area is 99.6 Å². The van der Waals surface area contributed by atoms with Crippen LogP contribution in [0.5, 0.6) is 0 Å². The highest BCUT2D eigenvalue weighted by Crippen LogP contribution is 2.28. The Morgan fingerprint density at radius 1 is 1.44 bits per heavy atom. The molecule has 0 aliphatic rings. The first-order valence-electron chi connectivity index (χ1n) is 5.21. The Kier molecular flexibility index (Phi) is 3.27. The molecule has 1 aromatic heterocycles. The Hall–Kier alpha value is -1.32. The van der Waals surface area contributed by atoms with E-state index in [0.29, 0.717) is 0 Å². The molecular formula is C12H14ClN3. The summed E-state index contributed by atoms with van der Waals surface area (Å²) in [7, 11) is 0. The van der Waals surface area contributed by atoms with Crippen LogP contribution in [-0.4, -0.2) is 16.2 Å². The van der Waals surface area contributed by atoms with Crippen LogP contribution in [0.3, 0.4) is 0 Å². The van der Waals surface area contributed by atoms with Crippen molar-refractivity contribution in [2.45, 2.75) is 19.4 Å². The summed E-state index contributed by atoms with van der Waals surface area (Å²) in [5.41, 5.74) is 8.82. The van der Waals surface area contributed by atoms with Crippen LogP contribution in [0.1, 0.15) is 12.5 Å². The summed E-state index contributed by atoms with van der Waals surface area (Å²) < 4.78 is 0. The van der Waals surface area contributed by atoms with Gasteiger partial charge in [0.05, 0.1) is 11.9 Å². The monoisotopic (exact) mass is 235 g/mol. The Morgan fingerprint density at radius 2 is 2.19 bits per heavy atom. The molecule has 1 atom stereocenters. The van der Waals surface area contributed by atoms with Crippen LogP contribution in [0, 0.1) is 0 Å². The van der Waals surface area contributed by atoms with Gasteiger partial charge in [0.1, 0.15) is 0 Å². The van der Waals surface area contributed by atoms with Crippen molar-refractivity contribution in [3.05, 3.63) is 41.0 Å². The maximum atomic E-state index is 6.15. The second-order valence-corrected chi connectivity index (χ2v) is 4.34. The molecule has 2 aromatic rings. The van der Waals surface area contributed by atoms with Crippen LogP contribution < -0.4 is 5.73 Å². The number of hydrogen-bond acceptors (Lipinski definition) is 2. The average molecular weight is 236 g/mol. The minimum Gasteiger partial charge on any atom is -0.328 e. The van der Waals surface area contributed by atoms with Gasteiger partial charge in [0.15, 0.2) is 0 Å². The summed E-state index contributed by atoms with van der Waals surface area (Å²) >= 11 is 6.15. The molecule has 0 fully saturated rings. The predicted molar refractivity (Wildman–Crippen MR) is 66.4 cm³/mol. The molecule has 1 unspecified atom stereocenters. The molecule has 0 aliphatic heterocycles. The topological polar surface area (TPSA) is 54.7 Å². The second-order valence-electron chi connectivity index (χ2n) is 3.93. The average Bonchev–Trinajstić information content (AvgIpc) is 2.66. The highest BCUT2D eigenvalue weighted by Gasteiger charge is 2.11. The normalized spacial score (nSPS) is 12.7. The summed E-state index contributed by atoms with van der Waals surface area (Å²) in [6.07, 6.45) is 2.60. The summed E-state index contributed by atoms with van der Waals surface area (Å²) in [6.45, 7) is 1.98. The van der Waals surface area contributed by atoms with Crippen molar-refractivity contribution < 1.29 is 0 Å². The molecule has 1 heterocycles. The number of aromatic amines is 1. The highest BCUT2D eigenvalue weighted by atomic mass is 35.5. The molecule has 1 aromatic carbocycles. The molecule has 3 N–H and O–H groups in total. The first-order valence-corrected chi connectivity index (χ1v) is 5.59. The molecule has 0 saturated heterocycles. The van der Waals surface area contributed by atoms with E-state index >= 15 is 0 Å². The van der Waals surface area contributed by atoms with Crippen LogP contribution in [0.4, 0.5) is 0 Å². The number of H-pyrrole nitrogens is 1. The molecule has 0 radical (unpaired) electrons. The third-order valence-electron chi connectivity index (χ3n) is 2.40. The number of nitrogens with zero attached hydrogens (tertiary/aromatic N) is 1. The van der Waals surface area contributed by atoms with E-state index in [4.69, 9.17) is 17.3 Å². The second kappa shape index (κ2) is 4.68. The Balaban J connectivity index is 2.41. The Bertz CT molecular complexity index is 477. The summed E-state index contributed by atoms with van der Waals surface area (Å²) in [5, 5.41) is 7.75. The van der Waals surface area contributed by atoms with Gasteiger partial charge in [0, 0.05) is 16.6 Å². The molecule has 0 bridgehead atoms. The molecular weight excluding hydrogens is 222 g/mol. The third kappa shape index (κ3) is 2.26. The van der Waals surface area contributed by atoms with Gasteiger partial charge < -0.3 is 5.73 Å². The van der Waals surface area contributed by atoms with E-state index in [0.717, 1.165) is 28.3 Å². The molecule has 0 saturated carbocycles. The van der Waals surface area contributed by atoms with E-state index in [1.807, 2.05) is 37.4 Å². The smallest absolute Gasteiger partial charge is 0.0697 e. The fraction of sp³-hybridized carbons (Fsp3) is 0.250. The number of rotatable bonds is 3. The first kappa shape index (κ1) is 11.2. The first-order chi connectivity index (χ1) is 7.68. The van der Waals surface area contributed by atoms with Gasteiger partial charge in [-0.15, -0.1) is 0 Å². The van der Waals surface area contributed by atoms with Crippen molar-refractivity contribution in [3.8, 4) is 11.3 Å². The maximum absolute atomic E-state index is 6.15. The summed E-state index contributed by atoms with van der Waals surface area (Å²) in [5.74, 6) is 0. The lowest BCUT2D eigenvalue weighted by atomic mass is 10.0. The predicted octanol–water partition coefficient (Wildman–Crippen LogP) is 2.62. The number of hydrogen-bond donors (Lipinski definition) is 2. The fourth-order valence-corrected chi connectivity index (χ4v) is 1.94. The number of halogens is 1. The highest BCUT2D eigenvalue weighted by molar-refractivity contribution is 6.33. The van der Waals surface area contributed by atoms with Gasteiger partial charge in [-0.1, -0.05) is 29.8 Å². The van der Waals surface area contributed by atoms with Gasteiger partial charge in [-0.2, -0.15) is 5.10 Å². The fourth-order valence-electron chi connectivity index (χ4n) is 1.71. The van der Waals surface area contributed by atoms with Crippen molar-refractivity contribution in [2.24, 2.45) is 5.73 Å². The zero-order valence-electron chi connectivity index (χ0n) is 9.07. The molecule has 0 amide bonds. The van der Waals surface area contributed by atoms with Crippen LogP contribution >= 0.6 is 11.6 Å². The molecule has 84 valence electrons. The van der Waals surface area contributed by atoms with Crippen LogP contribution in [0.2, 0.25) is 5.02 Å². The van der Waals surface area contributed by atoms with E-state index in [1.54, 1.807) is 0 Å². The lowest BCUT2D eigenvalue weighted by Gasteiger charge is -2.07. The quantitative estimate of drug-likeness (QED) is 0.859. The molecule has 0 aliphatic carbocycles. The van der Waals surface area contributed by atoms with E-state index < -0.39 is 0 Å². The maximum Gasteiger partial charge on any atom is 0.0697 e. The SMILES string of the molecule is CC(N)Cc1cn[nH]c1-c1ccccc1Cl. The van der Waals surface area contributed by atoms with Gasteiger partial charge in [0.2, 0.25) is 0 Å². The van der Waals surface area contributed by atoms with Crippen LogP contribution in [0.25, 0.3) is 11.3 Å². The van der Waals surface area contributed by atoms with Gasteiger partial charge in [-0.25, -0.2) is 0 Å². The number of nitrogens with one attached hydrogen (secondary N) is 1. The number of nitrogens with two attached hydrogens (primary N) is 1. The van der Waals surface area contributed by atoms with E-state index in [1.165, 1.54) is 0 Å². The van der Waals surface area contributed by atoms with Crippen molar-refractivity contribution in [1.29, 1.82) is 0 Å². The van der Waals surface area contributed by atoms with E-state index in [-0.39, 0.29) is 6.04 Å². The molecule has 4 heteroatoms. The minimum atomic E-state index is 0.110. The zero-order valence-corrected chi connectivity index (χ0v) is 9.83. The van der Waals surface area contributed by atoms with Gasteiger partial charge in [0.25, 0.3) is 0 Å². The van der Waals surface area contributed by atoms with Gasteiger partial charge >= 0.3 is 0 Å². The third-order valence-corrected chi connectivity index (χ3v) is 2.73. The van der Waals surface area contributed by atoms with Crippen molar-refractivity contribution in [3.63, 3.8) is 0 Å².